The molecule has 1 aromatic heterocycles. The molecule has 1 heterocycles. The second kappa shape index (κ2) is 6.52. The van der Waals surface area contributed by atoms with E-state index in [2.05, 4.69) is 4.98 Å². The standard InChI is InChI=1S/C15H20FN3O/c1-11(17)9-12-10-13(16)3-4-14(12)20-8-5-15-18-6-7-19(15)2/h3-4,6-7,10-11H,5,8-9,17H2,1-2H3. The van der Waals surface area contributed by atoms with Crippen LogP contribution in [0.4, 0.5) is 4.39 Å². The maximum atomic E-state index is 13.3. The lowest BCUT2D eigenvalue weighted by Gasteiger charge is -2.13. The van der Waals surface area contributed by atoms with Crippen LogP contribution in [0, 0.1) is 5.82 Å². The molecule has 2 rings (SSSR count). The number of halogens is 1. The lowest BCUT2D eigenvalue weighted by Crippen LogP contribution is -2.18. The van der Waals surface area contributed by atoms with Crippen LogP contribution in [-0.4, -0.2) is 22.2 Å². The molecule has 0 aliphatic heterocycles. The highest BCUT2D eigenvalue weighted by molar-refractivity contribution is 5.34. The summed E-state index contributed by atoms with van der Waals surface area (Å²) in [5.41, 5.74) is 6.58. The Labute approximate surface area is 118 Å². The minimum absolute atomic E-state index is 0.0336. The molecule has 0 fully saturated rings. The smallest absolute Gasteiger partial charge is 0.123 e. The van der Waals surface area contributed by atoms with Gasteiger partial charge in [0.2, 0.25) is 0 Å². The maximum Gasteiger partial charge on any atom is 0.123 e. The molecule has 2 N–H and O–H groups in total. The van der Waals surface area contributed by atoms with Gasteiger partial charge in [-0.25, -0.2) is 9.37 Å². The molecule has 5 heteroatoms. The van der Waals surface area contributed by atoms with E-state index in [1.165, 1.54) is 12.1 Å². The molecule has 0 saturated heterocycles. The first kappa shape index (κ1) is 14.5. The summed E-state index contributed by atoms with van der Waals surface area (Å²) < 4.78 is 21.0. The van der Waals surface area contributed by atoms with E-state index in [0.29, 0.717) is 25.2 Å². The zero-order valence-corrected chi connectivity index (χ0v) is 11.8. The van der Waals surface area contributed by atoms with Crippen molar-refractivity contribution < 1.29 is 9.13 Å². The van der Waals surface area contributed by atoms with Crippen LogP contribution in [0.2, 0.25) is 0 Å². The first-order valence-corrected chi connectivity index (χ1v) is 6.69. The van der Waals surface area contributed by atoms with E-state index in [-0.39, 0.29) is 11.9 Å². The number of nitrogens with zero attached hydrogens (tertiary/aromatic N) is 2. The second-order valence-electron chi connectivity index (χ2n) is 4.99. The second-order valence-corrected chi connectivity index (χ2v) is 4.99. The Morgan fingerprint density at radius 2 is 2.25 bits per heavy atom. The van der Waals surface area contributed by atoms with Crippen molar-refractivity contribution in [2.45, 2.75) is 25.8 Å². The van der Waals surface area contributed by atoms with Gasteiger partial charge >= 0.3 is 0 Å². The number of aryl methyl sites for hydroxylation is 1. The third-order valence-electron chi connectivity index (χ3n) is 3.07. The quantitative estimate of drug-likeness (QED) is 0.879. The van der Waals surface area contributed by atoms with Crippen molar-refractivity contribution in [1.82, 2.24) is 9.55 Å². The monoisotopic (exact) mass is 277 g/mol. The Kier molecular flexibility index (Phi) is 4.74. The van der Waals surface area contributed by atoms with Gasteiger partial charge in [0.05, 0.1) is 6.61 Å². The van der Waals surface area contributed by atoms with E-state index < -0.39 is 0 Å². The van der Waals surface area contributed by atoms with Gasteiger partial charge < -0.3 is 15.0 Å². The Morgan fingerprint density at radius 3 is 2.90 bits per heavy atom. The van der Waals surface area contributed by atoms with Gasteiger partial charge in [0.25, 0.3) is 0 Å². The Bertz CT molecular complexity index is 566. The molecule has 0 aliphatic carbocycles. The van der Waals surface area contributed by atoms with Crippen molar-refractivity contribution in [1.29, 1.82) is 0 Å². The van der Waals surface area contributed by atoms with Crippen LogP contribution in [0.3, 0.4) is 0 Å². The van der Waals surface area contributed by atoms with E-state index in [1.54, 1.807) is 12.3 Å². The van der Waals surface area contributed by atoms with Crippen LogP contribution in [0.25, 0.3) is 0 Å². The van der Waals surface area contributed by atoms with Crippen LogP contribution < -0.4 is 10.5 Å². The summed E-state index contributed by atoms with van der Waals surface area (Å²) in [6.07, 6.45) is 4.96. The molecule has 0 spiro atoms. The van der Waals surface area contributed by atoms with Crippen molar-refractivity contribution in [3.63, 3.8) is 0 Å². The van der Waals surface area contributed by atoms with Crippen LogP contribution >= 0.6 is 0 Å². The molecular weight excluding hydrogens is 257 g/mol. The van der Waals surface area contributed by atoms with Crippen molar-refractivity contribution in [3.8, 4) is 5.75 Å². The molecule has 2 aromatic rings. The predicted octanol–water partition coefficient (Wildman–Crippen LogP) is 2.07. The number of hydrogen-bond acceptors (Lipinski definition) is 3. The average molecular weight is 277 g/mol. The van der Waals surface area contributed by atoms with E-state index in [4.69, 9.17) is 10.5 Å². The lowest BCUT2D eigenvalue weighted by atomic mass is 10.1. The fraction of sp³-hybridized carbons (Fsp3) is 0.400. The van der Waals surface area contributed by atoms with Gasteiger partial charge in [0.1, 0.15) is 17.4 Å². The molecule has 20 heavy (non-hydrogen) atoms. The molecule has 4 nitrogen and oxygen atoms in total. The fourth-order valence-corrected chi connectivity index (χ4v) is 2.08. The zero-order chi connectivity index (χ0) is 14.5. The number of hydrogen-bond donors (Lipinski definition) is 1. The molecule has 0 radical (unpaired) electrons. The maximum absolute atomic E-state index is 13.3. The van der Waals surface area contributed by atoms with E-state index >= 15 is 0 Å². The summed E-state index contributed by atoms with van der Waals surface area (Å²) in [5.74, 6) is 1.39. The van der Waals surface area contributed by atoms with Crippen molar-refractivity contribution in [2.24, 2.45) is 12.8 Å². The Morgan fingerprint density at radius 1 is 1.45 bits per heavy atom. The van der Waals surface area contributed by atoms with Gasteiger partial charge in [0.15, 0.2) is 0 Å². The van der Waals surface area contributed by atoms with Gasteiger partial charge in [-0.15, -0.1) is 0 Å². The molecule has 0 aliphatic rings. The van der Waals surface area contributed by atoms with Gasteiger partial charge in [-0.2, -0.15) is 0 Å². The van der Waals surface area contributed by atoms with Crippen molar-refractivity contribution in [3.05, 3.63) is 47.8 Å². The molecule has 1 atom stereocenters. The Hall–Kier alpha value is -1.88. The molecule has 108 valence electrons. The number of benzene rings is 1. The summed E-state index contributed by atoms with van der Waals surface area (Å²) in [7, 11) is 1.95. The van der Waals surface area contributed by atoms with Crippen molar-refractivity contribution in [2.75, 3.05) is 6.61 Å². The molecule has 1 unspecified atom stereocenters. The fourth-order valence-electron chi connectivity index (χ4n) is 2.08. The SMILES string of the molecule is CC(N)Cc1cc(F)ccc1OCCc1nccn1C. The highest BCUT2D eigenvalue weighted by atomic mass is 19.1. The van der Waals surface area contributed by atoms with Crippen molar-refractivity contribution >= 4 is 0 Å². The highest BCUT2D eigenvalue weighted by Gasteiger charge is 2.08. The number of nitrogens with two attached hydrogens (primary N) is 1. The van der Waals surface area contributed by atoms with E-state index in [0.717, 1.165) is 11.4 Å². The van der Waals surface area contributed by atoms with Gasteiger partial charge in [-0.3, -0.25) is 0 Å². The topological polar surface area (TPSA) is 53.1 Å². The van der Waals surface area contributed by atoms with E-state index in [1.807, 2.05) is 24.7 Å². The number of rotatable bonds is 6. The highest BCUT2D eigenvalue weighted by Crippen LogP contribution is 2.21. The molecule has 0 saturated carbocycles. The zero-order valence-electron chi connectivity index (χ0n) is 11.8. The van der Waals surface area contributed by atoms with Crippen LogP contribution in [0.5, 0.6) is 5.75 Å². The third-order valence-corrected chi connectivity index (χ3v) is 3.07. The number of imidazole rings is 1. The van der Waals surface area contributed by atoms with Crippen LogP contribution in [0.1, 0.15) is 18.3 Å². The van der Waals surface area contributed by atoms with E-state index in [9.17, 15) is 4.39 Å². The van der Waals surface area contributed by atoms with Gasteiger partial charge in [0, 0.05) is 31.9 Å². The van der Waals surface area contributed by atoms with Gasteiger partial charge in [-0.1, -0.05) is 0 Å². The van der Waals surface area contributed by atoms with Crippen LogP contribution in [-0.2, 0) is 19.9 Å². The molecule has 1 aromatic carbocycles. The number of ether oxygens (including phenoxy) is 1. The van der Waals surface area contributed by atoms with Crippen LogP contribution in [0.15, 0.2) is 30.6 Å². The first-order chi connectivity index (χ1) is 9.56. The van der Waals surface area contributed by atoms with Gasteiger partial charge in [-0.05, 0) is 37.1 Å². The lowest BCUT2D eigenvalue weighted by molar-refractivity contribution is 0.313. The minimum atomic E-state index is -0.267. The summed E-state index contributed by atoms with van der Waals surface area (Å²) >= 11 is 0. The Balaban J connectivity index is 2.00. The molecule has 0 bridgehead atoms. The minimum Gasteiger partial charge on any atom is -0.493 e. The predicted molar refractivity (Wildman–Crippen MR) is 76.2 cm³/mol. The largest absolute Gasteiger partial charge is 0.493 e. The molecule has 0 amide bonds. The number of aromatic nitrogens is 2. The summed E-state index contributed by atoms with van der Waals surface area (Å²) in [6.45, 7) is 2.39. The molecular formula is C15H20FN3O. The normalized spacial score (nSPS) is 12.4. The summed E-state index contributed by atoms with van der Waals surface area (Å²) in [4.78, 5) is 4.23. The summed E-state index contributed by atoms with van der Waals surface area (Å²) in [5, 5.41) is 0. The first-order valence-electron chi connectivity index (χ1n) is 6.69. The average Bonchev–Trinajstić information content (AvgIpc) is 2.77. The summed E-state index contributed by atoms with van der Waals surface area (Å²) in [6, 6.07) is 4.51. The third kappa shape index (κ3) is 3.81.